The van der Waals surface area contributed by atoms with Crippen molar-refractivity contribution in [1.82, 2.24) is 20.6 Å². The van der Waals surface area contributed by atoms with Gasteiger partial charge in [0.15, 0.2) is 5.96 Å². The van der Waals surface area contributed by atoms with Crippen LogP contribution < -0.4 is 10.6 Å². The average Bonchev–Trinajstić information content (AvgIpc) is 2.58. The molecule has 0 aliphatic heterocycles. The predicted molar refractivity (Wildman–Crippen MR) is 110 cm³/mol. The van der Waals surface area contributed by atoms with Crippen molar-refractivity contribution in [3.05, 3.63) is 59.1 Å². The topological polar surface area (TPSA) is 62.2 Å². The Morgan fingerprint density at radius 2 is 2.00 bits per heavy atom. The van der Waals surface area contributed by atoms with Gasteiger partial charge in [0, 0.05) is 44.1 Å². The molecule has 2 aromatic heterocycles. The molecule has 2 rings (SSSR count). The first-order chi connectivity index (χ1) is 11.3. The zero-order valence-corrected chi connectivity index (χ0v) is 16.8. The molecule has 2 heterocycles. The summed E-state index contributed by atoms with van der Waals surface area (Å²) in [4.78, 5) is 13.0. The van der Waals surface area contributed by atoms with Gasteiger partial charge in [0.2, 0.25) is 0 Å². The van der Waals surface area contributed by atoms with Gasteiger partial charge in [-0.3, -0.25) is 9.98 Å². The molecule has 5 nitrogen and oxygen atoms in total. The molecule has 0 aliphatic carbocycles. The normalized spacial score (nSPS) is 10.8. The molecule has 0 bridgehead atoms. The third-order valence-electron chi connectivity index (χ3n) is 3.20. The Hall–Kier alpha value is -1.41. The number of nitrogens with zero attached hydrogens (tertiary/aromatic N) is 3. The molecular formula is C17H23ClIN5. The smallest absolute Gasteiger partial charge is 0.191 e. The van der Waals surface area contributed by atoms with E-state index in [2.05, 4.69) is 32.5 Å². The highest BCUT2D eigenvalue weighted by atomic mass is 127. The molecule has 7 heteroatoms. The number of aliphatic imine (C=N–C) groups is 1. The lowest BCUT2D eigenvalue weighted by Gasteiger charge is -2.11. The predicted octanol–water partition coefficient (Wildman–Crippen LogP) is 3.09. The molecule has 0 fully saturated rings. The fourth-order valence-electron chi connectivity index (χ4n) is 2.05. The minimum Gasteiger partial charge on any atom is -0.357 e. The summed E-state index contributed by atoms with van der Waals surface area (Å²) in [5.41, 5.74) is 2.20. The highest BCUT2D eigenvalue weighted by Gasteiger charge is 1.99. The Kier molecular flexibility index (Phi) is 10.3. The summed E-state index contributed by atoms with van der Waals surface area (Å²) in [6.45, 7) is 4.38. The number of pyridine rings is 2. The second kappa shape index (κ2) is 12.0. The maximum absolute atomic E-state index is 5.78. The molecule has 0 amide bonds. The van der Waals surface area contributed by atoms with Crippen LogP contribution in [0.1, 0.15) is 18.2 Å². The monoisotopic (exact) mass is 459 g/mol. The molecule has 0 aromatic carbocycles. The number of hydrogen-bond acceptors (Lipinski definition) is 3. The van der Waals surface area contributed by atoms with Crippen LogP contribution in [0.15, 0.2) is 47.7 Å². The maximum atomic E-state index is 5.78. The lowest BCUT2D eigenvalue weighted by Crippen LogP contribution is -2.38. The molecule has 0 radical (unpaired) electrons. The lowest BCUT2D eigenvalue weighted by molar-refractivity contribution is 0.793. The first kappa shape index (κ1) is 20.6. The van der Waals surface area contributed by atoms with Gasteiger partial charge in [-0.15, -0.1) is 24.0 Å². The van der Waals surface area contributed by atoms with Crippen molar-refractivity contribution in [2.24, 2.45) is 4.99 Å². The molecule has 24 heavy (non-hydrogen) atoms. The Balaban J connectivity index is 0.00000288. The van der Waals surface area contributed by atoms with Crippen LogP contribution in [0, 0.1) is 0 Å². The Morgan fingerprint density at radius 3 is 2.67 bits per heavy atom. The summed E-state index contributed by atoms with van der Waals surface area (Å²) in [6, 6.07) is 9.73. The molecule has 0 unspecified atom stereocenters. The van der Waals surface area contributed by atoms with Crippen molar-refractivity contribution in [1.29, 1.82) is 0 Å². The highest BCUT2D eigenvalue weighted by molar-refractivity contribution is 14.0. The fraction of sp³-hybridized carbons (Fsp3) is 0.353. The van der Waals surface area contributed by atoms with E-state index in [0.717, 1.165) is 43.1 Å². The molecule has 0 saturated heterocycles. The van der Waals surface area contributed by atoms with Crippen LogP contribution in [-0.2, 0) is 12.8 Å². The number of halogens is 2. The van der Waals surface area contributed by atoms with Crippen LogP contribution in [0.25, 0.3) is 0 Å². The average molecular weight is 460 g/mol. The maximum Gasteiger partial charge on any atom is 0.191 e. The SMILES string of the molecule is CCNC(=NCCc1ccccn1)NCCc1ccc(Cl)nc1.I. The standard InChI is InChI=1S/C17H22ClN5.HI/c1-2-19-17(22-12-9-15-5-3-4-10-20-15)21-11-8-14-6-7-16(18)23-13-14;/h3-7,10,13H,2,8-9,11-12H2,1H3,(H2,19,21,22);1H. The van der Waals surface area contributed by atoms with Crippen LogP contribution in [-0.4, -0.2) is 35.6 Å². The van der Waals surface area contributed by atoms with Crippen molar-refractivity contribution >= 4 is 41.5 Å². The molecule has 2 aromatic rings. The van der Waals surface area contributed by atoms with E-state index < -0.39 is 0 Å². The minimum absolute atomic E-state index is 0. The molecule has 130 valence electrons. The van der Waals surface area contributed by atoms with Gasteiger partial charge in [0.1, 0.15) is 5.15 Å². The number of guanidine groups is 1. The van der Waals surface area contributed by atoms with E-state index in [1.807, 2.05) is 36.5 Å². The molecule has 0 atom stereocenters. The third-order valence-corrected chi connectivity index (χ3v) is 3.43. The quantitative estimate of drug-likeness (QED) is 0.289. The van der Waals surface area contributed by atoms with Crippen LogP contribution in [0.5, 0.6) is 0 Å². The van der Waals surface area contributed by atoms with Crippen LogP contribution in [0.2, 0.25) is 5.15 Å². The van der Waals surface area contributed by atoms with Gasteiger partial charge < -0.3 is 10.6 Å². The zero-order chi connectivity index (χ0) is 16.3. The zero-order valence-electron chi connectivity index (χ0n) is 13.7. The molecule has 0 saturated carbocycles. The van der Waals surface area contributed by atoms with E-state index in [9.17, 15) is 0 Å². The first-order valence-corrected chi connectivity index (χ1v) is 8.18. The number of hydrogen-bond donors (Lipinski definition) is 2. The Bertz CT molecular complexity index is 604. The third kappa shape index (κ3) is 7.92. The summed E-state index contributed by atoms with van der Waals surface area (Å²) >= 11 is 5.78. The number of rotatable bonds is 7. The largest absolute Gasteiger partial charge is 0.357 e. The van der Waals surface area contributed by atoms with Gasteiger partial charge in [-0.05, 0) is 37.1 Å². The van der Waals surface area contributed by atoms with E-state index >= 15 is 0 Å². The summed E-state index contributed by atoms with van der Waals surface area (Å²) in [5.74, 6) is 0.824. The first-order valence-electron chi connectivity index (χ1n) is 7.80. The van der Waals surface area contributed by atoms with Crippen LogP contribution in [0.3, 0.4) is 0 Å². The molecule has 0 spiro atoms. The minimum atomic E-state index is 0. The van der Waals surface area contributed by atoms with Gasteiger partial charge in [0.25, 0.3) is 0 Å². The van der Waals surface area contributed by atoms with Crippen molar-refractivity contribution < 1.29 is 0 Å². The number of aromatic nitrogens is 2. The summed E-state index contributed by atoms with van der Waals surface area (Å²) in [6.07, 6.45) is 5.31. The highest BCUT2D eigenvalue weighted by Crippen LogP contribution is 2.05. The second-order valence-corrected chi connectivity index (χ2v) is 5.38. The molecule has 0 aliphatic rings. The lowest BCUT2D eigenvalue weighted by atomic mass is 10.2. The van der Waals surface area contributed by atoms with Crippen molar-refractivity contribution in [2.75, 3.05) is 19.6 Å². The van der Waals surface area contributed by atoms with Gasteiger partial charge >= 0.3 is 0 Å². The van der Waals surface area contributed by atoms with E-state index in [1.165, 1.54) is 0 Å². The summed E-state index contributed by atoms with van der Waals surface area (Å²) in [7, 11) is 0. The van der Waals surface area contributed by atoms with Crippen molar-refractivity contribution in [2.45, 2.75) is 19.8 Å². The van der Waals surface area contributed by atoms with Gasteiger partial charge in [-0.1, -0.05) is 23.7 Å². The van der Waals surface area contributed by atoms with E-state index in [1.54, 1.807) is 6.20 Å². The van der Waals surface area contributed by atoms with Crippen LogP contribution >= 0.6 is 35.6 Å². The summed E-state index contributed by atoms with van der Waals surface area (Å²) in [5, 5.41) is 7.09. The van der Waals surface area contributed by atoms with Crippen LogP contribution in [0.4, 0.5) is 0 Å². The van der Waals surface area contributed by atoms with E-state index in [-0.39, 0.29) is 24.0 Å². The second-order valence-electron chi connectivity index (χ2n) is 5.00. The number of nitrogens with one attached hydrogen (secondary N) is 2. The van der Waals surface area contributed by atoms with E-state index in [4.69, 9.17) is 11.6 Å². The van der Waals surface area contributed by atoms with Gasteiger partial charge in [0.05, 0.1) is 0 Å². The molecule has 2 N–H and O–H groups in total. The van der Waals surface area contributed by atoms with E-state index in [0.29, 0.717) is 11.7 Å². The Labute approximate surface area is 165 Å². The fourth-order valence-corrected chi connectivity index (χ4v) is 2.16. The van der Waals surface area contributed by atoms with Gasteiger partial charge in [-0.2, -0.15) is 0 Å². The van der Waals surface area contributed by atoms with Gasteiger partial charge in [-0.25, -0.2) is 4.98 Å². The molecular weight excluding hydrogens is 437 g/mol. The van der Waals surface area contributed by atoms with Crippen molar-refractivity contribution in [3.63, 3.8) is 0 Å². The summed E-state index contributed by atoms with van der Waals surface area (Å²) < 4.78 is 0. The Morgan fingerprint density at radius 1 is 1.12 bits per heavy atom. The van der Waals surface area contributed by atoms with Crippen molar-refractivity contribution in [3.8, 4) is 0 Å².